The maximum absolute atomic E-state index is 12.4. The van der Waals surface area contributed by atoms with E-state index in [0.29, 0.717) is 25.3 Å². The van der Waals surface area contributed by atoms with Crippen LogP contribution in [0.2, 0.25) is 0 Å². The van der Waals surface area contributed by atoms with Gasteiger partial charge >= 0.3 is 0 Å². The topological polar surface area (TPSA) is 63.2 Å². The lowest BCUT2D eigenvalue weighted by Crippen LogP contribution is -2.57. The quantitative estimate of drug-likeness (QED) is 0.849. The lowest BCUT2D eigenvalue weighted by molar-refractivity contribution is 0.0332. The first-order valence-corrected chi connectivity index (χ1v) is 8.77. The fourth-order valence-corrected chi connectivity index (χ4v) is 3.27. The molecule has 1 amide bonds. The summed E-state index contributed by atoms with van der Waals surface area (Å²) >= 11 is 0. The summed E-state index contributed by atoms with van der Waals surface area (Å²) in [6, 6.07) is 14.1. The summed E-state index contributed by atoms with van der Waals surface area (Å²) in [4.78, 5) is 16.4. The number of benzene rings is 1. The molecule has 0 spiro atoms. The smallest absolute Gasteiger partial charge is 0.252 e. The van der Waals surface area contributed by atoms with Gasteiger partial charge in [-0.1, -0.05) is 30.3 Å². The van der Waals surface area contributed by atoms with Crippen LogP contribution in [0.5, 0.6) is 0 Å². The van der Waals surface area contributed by atoms with Gasteiger partial charge in [-0.05, 0) is 37.5 Å². The van der Waals surface area contributed by atoms with Gasteiger partial charge in [-0.15, -0.1) is 0 Å². The highest BCUT2D eigenvalue weighted by atomic mass is 16.5. The minimum Gasteiger partial charge on any atom is -0.381 e. The van der Waals surface area contributed by atoms with E-state index in [-0.39, 0.29) is 17.5 Å². The first kappa shape index (κ1) is 17.6. The first-order valence-electron chi connectivity index (χ1n) is 8.77. The van der Waals surface area contributed by atoms with Crippen molar-refractivity contribution >= 4 is 5.91 Å². The number of nitrogens with one attached hydrogen (secondary N) is 2. The van der Waals surface area contributed by atoms with E-state index in [1.54, 1.807) is 24.5 Å². The second kappa shape index (κ2) is 8.23. The summed E-state index contributed by atoms with van der Waals surface area (Å²) in [6.45, 7) is 4.14. The first-order chi connectivity index (χ1) is 12.2. The Kier molecular flexibility index (Phi) is 5.79. The zero-order valence-electron chi connectivity index (χ0n) is 14.6. The van der Waals surface area contributed by atoms with Crippen LogP contribution in [-0.4, -0.2) is 36.2 Å². The number of amides is 1. The van der Waals surface area contributed by atoms with E-state index < -0.39 is 0 Å². The number of pyridine rings is 1. The maximum Gasteiger partial charge on any atom is 0.252 e. The van der Waals surface area contributed by atoms with Crippen LogP contribution >= 0.6 is 0 Å². The molecule has 5 nitrogen and oxygen atoms in total. The van der Waals surface area contributed by atoms with Crippen molar-refractivity contribution in [2.45, 2.75) is 31.3 Å². The molecule has 1 saturated heterocycles. The number of carbonyl (C=O) groups is 1. The zero-order chi connectivity index (χ0) is 17.5. The molecule has 0 saturated carbocycles. The number of carbonyl (C=O) groups excluding carboxylic acids is 1. The molecule has 132 valence electrons. The summed E-state index contributed by atoms with van der Waals surface area (Å²) in [5.74, 6) is -0.0897. The average Bonchev–Trinajstić information content (AvgIpc) is 2.68. The van der Waals surface area contributed by atoms with Gasteiger partial charge in [0.1, 0.15) is 0 Å². The molecular weight excluding hydrogens is 314 g/mol. The van der Waals surface area contributed by atoms with Crippen molar-refractivity contribution < 1.29 is 9.53 Å². The number of rotatable bonds is 6. The molecule has 5 heteroatoms. The van der Waals surface area contributed by atoms with Crippen LogP contribution in [0, 0.1) is 0 Å². The van der Waals surface area contributed by atoms with Crippen molar-refractivity contribution in [3.63, 3.8) is 0 Å². The van der Waals surface area contributed by atoms with Crippen molar-refractivity contribution in [2.75, 3.05) is 19.8 Å². The number of hydrogen-bond acceptors (Lipinski definition) is 4. The third kappa shape index (κ3) is 4.65. The van der Waals surface area contributed by atoms with Crippen molar-refractivity contribution in [2.24, 2.45) is 0 Å². The van der Waals surface area contributed by atoms with Gasteiger partial charge in [0, 0.05) is 43.7 Å². The Labute approximate surface area is 148 Å². The van der Waals surface area contributed by atoms with E-state index >= 15 is 0 Å². The van der Waals surface area contributed by atoms with Gasteiger partial charge in [-0.25, -0.2) is 0 Å². The summed E-state index contributed by atoms with van der Waals surface area (Å²) in [5, 5.41) is 6.81. The van der Waals surface area contributed by atoms with E-state index in [9.17, 15) is 4.79 Å². The Balaban J connectivity index is 1.67. The predicted octanol–water partition coefficient (Wildman–Crippen LogP) is 2.71. The molecule has 2 heterocycles. The van der Waals surface area contributed by atoms with Gasteiger partial charge in [0.05, 0.1) is 5.56 Å². The Morgan fingerprint density at radius 1 is 1.20 bits per heavy atom. The Bertz CT molecular complexity index is 670. The predicted molar refractivity (Wildman–Crippen MR) is 97.3 cm³/mol. The number of aromatic nitrogens is 1. The van der Waals surface area contributed by atoms with E-state index in [0.717, 1.165) is 12.8 Å². The third-order valence-corrected chi connectivity index (χ3v) is 4.78. The van der Waals surface area contributed by atoms with E-state index in [1.165, 1.54) is 5.56 Å². The van der Waals surface area contributed by atoms with Gasteiger partial charge in [-0.2, -0.15) is 0 Å². The molecule has 1 aliphatic rings. The molecule has 1 atom stereocenters. The highest BCUT2D eigenvalue weighted by Crippen LogP contribution is 2.25. The molecule has 0 radical (unpaired) electrons. The maximum atomic E-state index is 12.4. The lowest BCUT2D eigenvalue weighted by atomic mass is 9.88. The molecule has 0 bridgehead atoms. The molecule has 2 aromatic rings. The van der Waals surface area contributed by atoms with Gasteiger partial charge in [0.2, 0.25) is 0 Å². The Morgan fingerprint density at radius 2 is 1.96 bits per heavy atom. The molecule has 2 N–H and O–H groups in total. The van der Waals surface area contributed by atoms with Crippen LogP contribution in [0.25, 0.3) is 0 Å². The summed E-state index contributed by atoms with van der Waals surface area (Å²) in [7, 11) is 0. The van der Waals surface area contributed by atoms with Crippen LogP contribution in [0.15, 0.2) is 54.9 Å². The van der Waals surface area contributed by atoms with Crippen LogP contribution in [-0.2, 0) is 4.74 Å². The normalized spacial score (nSPS) is 17.6. The Morgan fingerprint density at radius 3 is 2.64 bits per heavy atom. The van der Waals surface area contributed by atoms with Gasteiger partial charge in [-0.3, -0.25) is 9.78 Å². The lowest BCUT2D eigenvalue weighted by Gasteiger charge is -2.40. The van der Waals surface area contributed by atoms with Crippen molar-refractivity contribution in [3.05, 3.63) is 66.0 Å². The fraction of sp³-hybridized carbons (Fsp3) is 0.400. The molecule has 3 rings (SSSR count). The molecule has 1 aromatic carbocycles. The number of hydrogen-bond donors (Lipinski definition) is 2. The molecule has 1 aromatic heterocycles. The van der Waals surface area contributed by atoms with E-state index in [4.69, 9.17) is 4.74 Å². The van der Waals surface area contributed by atoms with Crippen LogP contribution < -0.4 is 10.6 Å². The monoisotopic (exact) mass is 339 g/mol. The van der Waals surface area contributed by atoms with Crippen LogP contribution in [0.4, 0.5) is 0 Å². The largest absolute Gasteiger partial charge is 0.381 e. The second-order valence-electron chi connectivity index (χ2n) is 6.59. The molecular formula is C20H25N3O2. The zero-order valence-corrected chi connectivity index (χ0v) is 14.6. The minimum absolute atomic E-state index is 0.0897. The highest BCUT2D eigenvalue weighted by Gasteiger charge is 2.34. The number of nitrogens with zero attached hydrogens (tertiary/aromatic N) is 1. The van der Waals surface area contributed by atoms with Gasteiger partial charge in [0.25, 0.3) is 5.91 Å². The van der Waals surface area contributed by atoms with E-state index in [2.05, 4.69) is 34.7 Å². The summed E-state index contributed by atoms with van der Waals surface area (Å²) in [5.41, 5.74) is 1.67. The van der Waals surface area contributed by atoms with Crippen LogP contribution in [0.3, 0.4) is 0 Å². The van der Waals surface area contributed by atoms with Gasteiger partial charge < -0.3 is 15.4 Å². The minimum atomic E-state index is -0.161. The standard InChI is InChI=1S/C20H25N3O2/c1-16(17-6-3-2-4-7-17)23-20(9-12-25-13-10-20)15-22-19(24)18-8-5-11-21-14-18/h2-8,11,14,16,23H,9-10,12-13,15H2,1H3,(H,22,24)/t16-/m1/s1. The SMILES string of the molecule is C[C@@H](NC1(CNC(=O)c2cccnc2)CCOCC1)c1ccccc1. The van der Waals surface area contributed by atoms with Crippen LogP contribution in [0.1, 0.15) is 41.7 Å². The second-order valence-corrected chi connectivity index (χ2v) is 6.59. The van der Waals surface area contributed by atoms with Crippen molar-refractivity contribution in [1.29, 1.82) is 0 Å². The molecule has 1 aliphatic heterocycles. The van der Waals surface area contributed by atoms with E-state index in [1.807, 2.05) is 18.2 Å². The van der Waals surface area contributed by atoms with Crippen molar-refractivity contribution in [1.82, 2.24) is 15.6 Å². The number of ether oxygens (including phenoxy) is 1. The fourth-order valence-electron chi connectivity index (χ4n) is 3.27. The Hall–Kier alpha value is -2.24. The average molecular weight is 339 g/mol. The van der Waals surface area contributed by atoms with Crippen molar-refractivity contribution in [3.8, 4) is 0 Å². The molecule has 0 unspecified atom stereocenters. The van der Waals surface area contributed by atoms with Gasteiger partial charge in [0.15, 0.2) is 0 Å². The molecule has 0 aliphatic carbocycles. The third-order valence-electron chi connectivity index (χ3n) is 4.78. The summed E-state index contributed by atoms with van der Waals surface area (Å²) < 4.78 is 5.54. The molecule has 1 fully saturated rings. The molecule has 25 heavy (non-hydrogen) atoms. The summed E-state index contributed by atoms with van der Waals surface area (Å²) in [6.07, 6.45) is 5.00. The highest BCUT2D eigenvalue weighted by molar-refractivity contribution is 5.93.